The lowest BCUT2D eigenvalue weighted by Crippen LogP contribution is -2.37. The first-order valence-electron chi connectivity index (χ1n) is 6.38. The largest absolute Gasteiger partial charge is 0.465 e. The van der Waals surface area contributed by atoms with Gasteiger partial charge in [0.1, 0.15) is 4.88 Å². The average Bonchev–Trinajstić information content (AvgIpc) is 2.95. The molecule has 0 fully saturated rings. The van der Waals surface area contributed by atoms with Crippen LogP contribution in [0, 0.1) is 0 Å². The number of hydrogen-bond acceptors (Lipinski definition) is 5. The van der Waals surface area contributed by atoms with Crippen LogP contribution in [-0.2, 0) is 16.0 Å². The molecule has 0 radical (unpaired) electrons. The van der Waals surface area contributed by atoms with E-state index < -0.39 is 12.0 Å². The number of hydrogen-bond donors (Lipinski definition) is 2. The van der Waals surface area contributed by atoms with Gasteiger partial charge < -0.3 is 15.8 Å². The molecule has 0 saturated heterocycles. The van der Waals surface area contributed by atoms with E-state index in [1.54, 1.807) is 11.4 Å². The fourth-order valence-corrected chi connectivity index (χ4v) is 2.61. The lowest BCUT2D eigenvalue weighted by atomic mass is 10.1. The second-order valence-electron chi connectivity index (χ2n) is 4.44. The summed E-state index contributed by atoms with van der Waals surface area (Å²) < 4.78 is 4.66. The van der Waals surface area contributed by atoms with Crippen molar-refractivity contribution in [3.8, 4) is 0 Å². The highest BCUT2D eigenvalue weighted by Gasteiger charge is 2.19. The highest BCUT2D eigenvalue weighted by atomic mass is 32.1. The van der Waals surface area contributed by atoms with Crippen molar-refractivity contribution in [3.63, 3.8) is 0 Å². The number of carbonyl (C=O) groups is 2. The Morgan fingerprint density at radius 2 is 2.00 bits per heavy atom. The predicted molar refractivity (Wildman–Crippen MR) is 82.4 cm³/mol. The quantitative estimate of drug-likeness (QED) is 0.828. The maximum Gasteiger partial charge on any atom is 0.350 e. The Kier molecular flexibility index (Phi) is 5.08. The summed E-state index contributed by atoms with van der Waals surface area (Å²) in [5.41, 5.74) is 7.32. The summed E-state index contributed by atoms with van der Waals surface area (Å²) in [5.74, 6) is -0.806. The van der Waals surface area contributed by atoms with Gasteiger partial charge in [-0.25, -0.2) is 4.79 Å². The van der Waals surface area contributed by atoms with Gasteiger partial charge in [0, 0.05) is 0 Å². The molecule has 21 heavy (non-hydrogen) atoms. The maximum atomic E-state index is 12.1. The van der Waals surface area contributed by atoms with Crippen molar-refractivity contribution < 1.29 is 14.3 Å². The van der Waals surface area contributed by atoms with Crippen molar-refractivity contribution in [3.05, 3.63) is 52.2 Å². The summed E-state index contributed by atoms with van der Waals surface area (Å²) in [6, 6.07) is 10.5. The van der Waals surface area contributed by atoms with Gasteiger partial charge in [0.15, 0.2) is 0 Å². The van der Waals surface area contributed by atoms with Crippen molar-refractivity contribution in [1.82, 2.24) is 0 Å². The molecular formula is C15H16N2O3S. The molecule has 3 N–H and O–H groups in total. The zero-order valence-electron chi connectivity index (χ0n) is 11.5. The van der Waals surface area contributed by atoms with Crippen LogP contribution in [0.1, 0.15) is 15.2 Å². The lowest BCUT2D eigenvalue weighted by Gasteiger charge is -2.12. The first kappa shape index (κ1) is 15.2. The van der Waals surface area contributed by atoms with E-state index in [9.17, 15) is 9.59 Å². The lowest BCUT2D eigenvalue weighted by molar-refractivity contribution is -0.117. The van der Waals surface area contributed by atoms with Crippen LogP contribution in [0.2, 0.25) is 0 Å². The average molecular weight is 304 g/mol. The van der Waals surface area contributed by atoms with Crippen molar-refractivity contribution in [2.75, 3.05) is 12.4 Å². The molecule has 1 aromatic heterocycles. The van der Waals surface area contributed by atoms with E-state index in [2.05, 4.69) is 10.1 Å². The van der Waals surface area contributed by atoms with Gasteiger partial charge in [-0.1, -0.05) is 30.3 Å². The zero-order chi connectivity index (χ0) is 15.2. The van der Waals surface area contributed by atoms with Gasteiger partial charge in [-0.15, -0.1) is 11.3 Å². The second-order valence-corrected chi connectivity index (χ2v) is 5.36. The monoisotopic (exact) mass is 304 g/mol. The molecule has 0 aliphatic heterocycles. The molecule has 0 spiro atoms. The molecule has 0 unspecified atom stereocenters. The molecule has 0 aliphatic rings. The molecule has 1 aromatic carbocycles. The first-order valence-corrected chi connectivity index (χ1v) is 7.26. The number of methoxy groups -OCH3 is 1. The maximum absolute atomic E-state index is 12.1. The Labute approximate surface area is 126 Å². The van der Waals surface area contributed by atoms with Crippen molar-refractivity contribution >= 4 is 28.9 Å². The molecule has 5 nitrogen and oxygen atoms in total. The van der Waals surface area contributed by atoms with Gasteiger partial charge in [0.2, 0.25) is 5.91 Å². The number of amides is 1. The molecule has 110 valence electrons. The fourth-order valence-electron chi connectivity index (χ4n) is 1.84. The number of ether oxygens (including phenoxy) is 1. The normalized spacial score (nSPS) is 11.7. The van der Waals surface area contributed by atoms with E-state index in [4.69, 9.17) is 5.73 Å². The third-order valence-electron chi connectivity index (χ3n) is 2.93. The molecule has 6 heteroatoms. The summed E-state index contributed by atoms with van der Waals surface area (Å²) in [6.07, 6.45) is 0.435. The topological polar surface area (TPSA) is 81.4 Å². The minimum Gasteiger partial charge on any atom is -0.465 e. The van der Waals surface area contributed by atoms with E-state index in [0.29, 0.717) is 17.0 Å². The van der Waals surface area contributed by atoms with Crippen LogP contribution in [-0.4, -0.2) is 25.0 Å². The number of carbonyl (C=O) groups excluding carboxylic acids is 2. The fraction of sp³-hybridized carbons (Fsp3) is 0.200. The van der Waals surface area contributed by atoms with Crippen molar-refractivity contribution in [1.29, 1.82) is 0 Å². The highest BCUT2D eigenvalue weighted by molar-refractivity contribution is 7.12. The van der Waals surface area contributed by atoms with Crippen LogP contribution in [0.15, 0.2) is 41.8 Å². The highest BCUT2D eigenvalue weighted by Crippen LogP contribution is 2.23. The molecular weight excluding hydrogens is 288 g/mol. The van der Waals surface area contributed by atoms with Crippen LogP contribution in [0.25, 0.3) is 0 Å². The van der Waals surface area contributed by atoms with Gasteiger partial charge in [-0.2, -0.15) is 0 Å². The molecule has 0 bridgehead atoms. The van der Waals surface area contributed by atoms with Crippen LogP contribution in [0.4, 0.5) is 5.69 Å². The summed E-state index contributed by atoms with van der Waals surface area (Å²) in [7, 11) is 1.30. The minimum atomic E-state index is -0.683. The van der Waals surface area contributed by atoms with Crippen LogP contribution in [0.5, 0.6) is 0 Å². The number of esters is 1. The summed E-state index contributed by atoms with van der Waals surface area (Å²) in [5, 5.41) is 4.38. The van der Waals surface area contributed by atoms with Gasteiger partial charge in [0.05, 0.1) is 18.8 Å². The molecule has 0 saturated carbocycles. The Hall–Kier alpha value is -2.18. The molecule has 1 atom stereocenters. The molecule has 1 heterocycles. The Morgan fingerprint density at radius 1 is 1.29 bits per heavy atom. The number of benzene rings is 1. The van der Waals surface area contributed by atoms with E-state index in [0.717, 1.165) is 5.56 Å². The smallest absolute Gasteiger partial charge is 0.350 e. The van der Waals surface area contributed by atoms with Crippen LogP contribution < -0.4 is 11.1 Å². The van der Waals surface area contributed by atoms with Crippen LogP contribution >= 0.6 is 11.3 Å². The van der Waals surface area contributed by atoms with E-state index in [1.807, 2.05) is 30.3 Å². The predicted octanol–water partition coefficient (Wildman–Crippen LogP) is 2.04. The number of nitrogens with two attached hydrogens (primary N) is 1. The van der Waals surface area contributed by atoms with Gasteiger partial charge in [-0.3, -0.25) is 4.79 Å². The van der Waals surface area contributed by atoms with E-state index >= 15 is 0 Å². The Bertz CT molecular complexity index is 625. The Morgan fingerprint density at radius 3 is 2.67 bits per heavy atom. The van der Waals surface area contributed by atoms with E-state index in [1.165, 1.54) is 18.4 Å². The Balaban J connectivity index is 2.01. The number of rotatable bonds is 5. The molecule has 1 amide bonds. The zero-order valence-corrected chi connectivity index (χ0v) is 12.4. The number of nitrogens with one attached hydrogen (secondary N) is 1. The van der Waals surface area contributed by atoms with E-state index in [-0.39, 0.29) is 5.91 Å². The third-order valence-corrected chi connectivity index (χ3v) is 3.82. The third kappa shape index (κ3) is 3.90. The van der Waals surface area contributed by atoms with Gasteiger partial charge >= 0.3 is 5.97 Å². The molecule has 0 aliphatic carbocycles. The van der Waals surface area contributed by atoms with Crippen molar-refractivity contribution in [2.45, 2.75) is 12.5 Å². The summed E-state index contributed by atoms with van der Waals surface area (Å²) in [6.45, 7) is 0. The number of thiophene rings is 1. The van der Waals surface area contributed by atoms with Crippen molar-refractivity contribution in [2.24, 2.45) is 5.73 Å². The van der Waals surface area contributed by atoms with Gasteiger partial charge in [0.25, 0.3) is 0 Å². The molecule has 2 aromatic rings. The van der Waals surface area contributed by atoms with Crippen LogP contribution in [0.3, 0.4) is 0 Å². The summed E-state index contributed by atoms with van der Waals surface area (Å²) >= 11 is 1.21. The number of anilines is 1. The standard InChI is InChI=1S/C15H16N2O3S/c1-20-15(19)13-12(7-8-21-13)17-14(18)11(16)9-10-5-3-2-4-6-10/h2-8,11H,9,16H2,1H3,(H,17,18)/t11-/m0/s1. The second kappa shape index (κ2) is 7.01. The minimum absolute atomic E-state index is 0.331. The molecule has 2 rings (SSSR count). The van der Waals surface area contributed by atoms with Gasteiger partial charge in [-0.05, 0) is 23.4 Å². The first-order chi connectivity index (χ1) is 10.1. The SMILES string of the molecule is COC(=O)c1sccc1NC(=O)[C@@H](N)Cc1ccccc1. The summed E-state index contributed by atoms with van der Waals surface area (Å²) in [4.78, 5) is 24.0.